The van der Waals surface area contributed by atoms with Crippen LogP contribution in [0, 0.1) is 5.41 Å². The molecule has 0 spiro atoms. The van der Waals surface area contributed by atoms with Crippen molar-refractivity contribution >= 4 is 0 Å². The van der Waals surface area contributed by atoms with E-state index < -0.39 is 0 Å². The second kappa shape index (κ2) is 2.21. The molecule has 0 aromatic rings. The van der Waals surface area contributed by atoms with E-state index in [0.717, 1.165) is 19.3 Å². The zero-order valence-corrected chi connectivity index (χ0v) is 6.52. The van der Waals surface area contributed by atoms with E-state index in [1.54, 1.807) is 0 Å². The summed E-state index contributed by atoms with van der Waals surface area (Å²) in [5.74, 6) is 0. The third-order valence-electron chi connectivity index (χ3n) is 2.91. The average Bonchev–Trinajstić information content (AvgIpc) is 2.29. The first-order valence-corrected chi connectivity index (χ1v) is 4.12. The van der Waals surface area contributed by atoms with Gasteiger partial charge in [0, 0.05) is 18.1 Å². The minimum Gasteiger partial charge on any atom is -0.381 e. The summed E-state index contributed by atoms with van der Waals surface area (Å²) in [5, 5.41) is 3.52. The molecule has 2 saturated heterocycles. The Morgan fingerprint density at radius 3 is 3.30 bits per heavy atom. The summed E-state index contributed by atoms with van der Waals surface area (Å²) in [6, 6.07) is 0.737. The zero-order valence-electron chi connectivity index (χ0n) is 6.52. The molecule has 2 aliphatic heterocycles. The number of ether oxygens (including phenoxy) is 1. The van der Waals surface area contributed by atoms with Crippen LogP contribution in [0.4, 0.5) is 0 Å². The van der Waals surface area contributed by atoms with E-state index in [2.05, 4.69) is 12.2 Å². The molecular weight excluding hydrogens is 126 g/mol. The minimum absolute atomic E-state index is 0.457. The number of nitrogens with one attached hydrogen (secondary N) is 1. The monoisotopic (exact) mass is 141 g/mol. The number of hydrogen-bond donors (Lipinski definition) is 1. The van der Waals surface area contributed by atoms with E-state index in [-0.39, 0.29) is 0 Å². The Morgan fingerprint density at radius 1 is 1.60 bits per heavy atom. The fourth-order valence-electron chi connectivity index (χ4n) is 2.08. The van der Waals surface area contributed by atoms with Crippen LogP contribution in [0.1, 0.15) is 19.8 Å². The van der Waals surface area contributed by atoms with Crippen LogP contribution >= 0.6 is 0 Å². The Balaban J connectivity index is 2.10. The molecule has 2 heterocycles. The van der Waals surface area contributed by atoms with Crippen LogP contribution < -0.4 is 5.32 Å². The van der Waals surface area contributed by atoms with Crippen molar-refractivity contribution in [3.05, 3.63) is 0 Å². The van der Waals surface area contributed by atoms with Gasteiger partial charge in [-0.25, -0.2) is 0 Å². The summed E-state index contributed by atoms with van der Waals surface area (Å²) < 4.78 is 5.45. The summed E-state index contributed by atoms with van der Waals surface area (Å²) >= 11 is 0. The minimum atomic E-state index is 0.457. The summed E-state index contributed by atoms with van der Waals surface area (Å²) in [7, 11) is 0. The molecule has 0 amide bonds. The molecule has 0 radical (unpaired) electrons. The van der Waals surface area contributed by atoms with Crippen LogP contribution in [0.5, 0.6) is 0 Å². The van der Waals surface area contributed by atoms with Crippen LogP contribution in [0.15, 0.2) is 0 Å². The lowest BCUT2D eigenvalue weighted by Gasteiger charge is -2.35. The highest BCUT2D eigenvalue weighted by Gasteiger charge is 2.40. The van der Waals surface area contributed by atoms with Crippen LogP contribution in [-0.2, 0) is 4.74 Å². The van der Waals surface area contributed by atoms with Crippen molar-refractivity contribution in [2.45, 2.75) is 25.8 Å². The van der Waals surface area contributed by atoms with Gasteiger partial charge in [0.2, 0.25) is 0 Å². The highest BCUT2D eigenvalue weighted by Crippen LogP contribution is 2.35. The predicted octanol–water partition coefficient (Wildman–Crippen LogP) is 0.775. The molecule has 10 heavy (non-hydrogen) atoms. The van der Waals surface area contributed by atoms with Crippen LogP contribution in [-0.4, -0.2) is 25.8 Å². The fraction of sp³-hybridized carbons (Fsp3) is 1.00. The molecule has 2 heteroatoms. The molecule has 0 bridgehead atoms. The van der Waals surface area contributed by atoms with E-state index in [4.69, 9.17) is 4.74 Å². The molecule has 2 atom stereocenters. The molecule has 0 saturated carbocycles. The van der Waals surface area contributed by atoms with Crippen molar-refractivity contribution in [3.8, 4) is 0 Å². The maximum Gasteiger partial charge on any atom is 0.0535 e. The van der Waals surface area contributed by atoms with Gasteiger partial charge in [0.05, 0.1) is 6.61 Å². The molecule has 2 fully saturated rings. The molecule has 0 aromatic carbocycles. The SMILES string of the molecule is CC12CCNC1CCOC2. The quantitative estimate of drug-likeness (QED) is 0.538. The Morgan fingerprint density at radius 2 is 2.50 bits per heavy atom. The van der Waals surface area contributed by atoms with Crippen molar-refractivity contribution in [2.75, 3.05) is 19.8 Å². The summed E-state index contributed by atoms with van der Waals surface area (Å²) in [5.41, 5.74) is 0.457. The third kappa shape index (κ3) is 0.867. The van der Waals surface area contributed by atoms with Gasteiger partial charge in [-0.2, -0.15) is 0 Å². The maximum atomic E-state index is 5.45. The molecule has 2 nitrogen and oxygen atoms in total. The summed E-state index contributed by atoms with van der Waals surface area (Å²) in [4.78, 5) is 0. The van der Waals surface area contributed by atoms with Crippen LogP contribution in [0.25, 0.3) is 0 Å². The van der Waals surface area contributed by atoms with Gasteiger partial charge < -0.3 is 10.1 Å². The van der Waals surface area contributed by atoms with Gasteiger partial charge in [-0.05, 0) is 19.4 Å². The van der Waals surface area contributed by atoms with Crippen molar-refractivity contribution in [3.63, 3.8) is 0 Å². The Kier molecular flexibility index (Phi) is 1.46. The number of hydrogen-bond acceptors (Lipinski definition) is 2. The Hall–Kier alpha value is -0.0800. The zero-order chi connectivity index (χ0) is 7.03. The van der Waals surface area contributed by atoms with E-state index >= 15 is 0 Å². The normalized spacial score (nSPS) is 47.1. The van der Waals surface area contributed by atoms with Crippen molar-refractivity contribution < 1.29 is 4.74 Å². The average molecular weight is 141 g/mol. The summed E-state index contributed by atoms with van der Waals surface area (Å²) in [6.07, 6.45) is 2.49. The predicted molar refractivity (Wildman–Crippen MR) is 40.0 cm³/mol. The second-order valence-corrected chi connectivity index (χ2v) is 3.75. The van der Waals surface area contributed by atoms with Gasteiger partial charge in [-0.3, -0.25) is 0 Å². The van der Waals surface area contributed by atoms with Gasteiger partial charge in [0.1, 0.15) is 0 Å². The smallest absolute Gasteiger partial charge is 0.0535 e. The number of rotatable bonds is 0. The first kappa shape index (κ1) is 6.62. The molecule has 1 N–H and O–H groups in total. The second-order valence-electron chi connectivity index (χ2n) is 3.75. The highest BCUT2D eigenvalue weighted by molar-refractivity contribution is 4.95. The fourth-order valence-corrected chi connectivity index (χ4v) is 2.08. The van der Waals surface area contributed by atoms with Crippen molar-refractivity contribution in [1.82, 2.24) is 5.32 Å². The van der Waals surface area contributed by atoms with Gasteiger partial charge in [-0.1, -0.05) is 6.92 Å². The van der Waals surface area contributed by atoms with Crippen LogP contribution in [0.2, 0.25) is 0 Å². The maximum absolute atomic E-state index is 5.45. The van der Waals surface area contributed by atoms with E-state index in [1.165, 1.54) is 19.4 Å². The van der Waals surface area contributed by atoms with Crippen molar-refractivity contribution in [2.24, 2.45) is 5.41 Å². The lowest BCUT2D eigenvalue weighted by molar-refractivity contribution is -0.00397. The third-order valence-corrected chi connectivity index (χ3v) is 2.91. The van der Waals surface area contributed by atoms with Gasteiger partial charge in [0.15, 0.2) is 0 Å². The molecule has 2 aliphatic rings. The first-order valence-electron chi connectivity index (χ1n) is 4.12. The standard InChI is InChI=1S/C8H15NO/c1-8-3-4-9-7(8)2-5-10-6-8/h7,9H,2-6H2,1H3. The molecule has 58 valence electrons. The topological polar surface area (TPSA) is 21.3 Å². The Bertz CT molecular complexity index is 137. The van der Waals surface area contributed by atoms with Gasteiger partial charge >= 0.3 is 0 Å². The Labute approximate surface area is 61.9 Å². The summed E-state index contributed by atoms with van der Waals surface area (Å²) in [6.45, 7) is 5.43. The van der Waals surface area contributed by atoms with Crippen LogP contribution in [0.3, 0.4) is 0 Å². The lowest BCUT2D eigenvalue weighted by atomic mass is 9.81. The highest BCUT2D eigenvalue weighted by atomic mass is 16.5. The van der Waals surface area contributed by atoms with Crippen molar-refractivity contribution in [1.29, 1.82) is 0 Å². The largest absolute Gasteiger partial charge is 0.381 e. The molecule has 2 unspecified atom stereocenters. The van der Waals surface area contributed by atoms with E-state index in [1.807, 2.05) is 0 Å². The molecule has 2 rings (SSSR count). The molecule has 0 aromatic heterocycles. The molecular formula is C8H15NO. The first-order chi connectivity index (χ1) is 4.81. The van der Waals surface area contributed by atoms with E-state index in [9.17, 15) is 0 Å². The van der Waals surface area contributed by atoms with Gasteiger partial charge in [0.25, 0.3) is 0 Å². The van der Waals surface area contributed by atoms with E-state index in [0.29, 0.717) is 5.41 Å². The lowest BCUT2D eigenvalue weighted by Crippen LogP contribution is -2.42. The number of fused-ring (bicyclic) bond motifs is 1. The van der Waals surface area contributed by atoms with Gasteiger partial charge in [-0.15, -0.1) is 0 Å². The molecule has 0 aliphatic carbocycles.